The Labute approximate surface area is 150 Å². The van der Waals surface area contributed by atoms with E-state index in [0.29, 0.717) is 11.6 Å². The zero-order valence-corrected chi connectivity index (χ0v) is 14.8. The molecule has 6 heteroatoms. The molecule has 0 radical (unpaired) electrons. The minimum atomic E-state index is -0.420. The largest absolute Gasteiger partial charge is 0.455 e. The van der Waals surface area contributed by atoms with Crippen molar-refractivity contribution in [1.82, 2.24) is 5.32 Å². The molecule has 0 unspecified atom stereocenters. The van der Waals surface area contributed by atoms with Crippen LogP contribution in [0.4, 0.5) is 0 Å². The fraction of sp³-hybridized carbons (Fsp3) is 0.222. The van der Waals surface area contributed by atoms with E-state index in [9.17, 15) is 9.59 Å². The van der Waals surface area contributed by atoms with Crippen LogP contribution in [-0.2, 0) is 20.9 Å². The molecule has 0 heterocycles. The third-order valence-electron chi connectivity index (χ3n) is 3.17. The summed E-state index contributed by atoms with van der Waals surface area (Å²) < 4.78 is 5.05. The van der Waals surface area contributed by atoms with Gasteiger partial charge in [0.05, 0.1) is 0 Å². The first-order valence-corrected chi connectivity index (χ1v) is 8.70. The molecule has 0 fully saturated rings. The Morgan fingerprint density at radius 1 is 1.12 bits per heavy atom. The summed E-state index contributed by atoms with van der Waals surface area (Å²) in [5, 5.41) is 2.88. The highest BCUT2D eigenvalue weighted by molar-refractivity contribution is 8.00. The Kier molecular flexibility index (Phi) is 7.15. The van der Waals surface area contributed by atoms with Crippen LogP contribution in [0.15, 0.2) is 59.5 Å². The Balaban J connectivity index is 1.73. The highest BCUT2D eigenvalue weighted by Gasteiger charge is 2.17. The van der Waals surface area contributed by atoms with E-state index >= 15 is 0 Å². The summed E-state index contributed by atoms with van der Waals surface area (Å²) in [5.74, 6) is -0.781. The van der Waals surface area contributed by atoms with Gasteiger partial charge in [0.2, 0.25) is 0 Å². The maximum absolute atomic E-state index is 11.9. The van der Waals surface area contributed by atoms with Crippen LogP contribution in [0.25, 0.3) is 0 Å². The van der Waals surface area contributed by atoms with Crippen molar-refractivity contribution < 1.29 is 14.3 Å². The summed E-state index contributed by atoms with van der Waals surface area (Å²) in [7, 11) is 0. The van der Waals surface area contributed by atoms with E-state index in [1.54, 1.807) is 13.0 Å². The second kappa shape index (κ2) is 9.35. The monoisotopic (exact) mass is 363 g/mol. The fourth-order valence-electron chi connectivity index (χ4n) is 1.89. The lowest BCUT2D eigenvalue weighted by Crippen LogP contribution is -2.30. The number of nitrogens with one attached hydrogen (secondary N) is 1. The summed E-state index contributed by atoms with van der Waals surface area (Å²) in [6.45, 7) is 1.75. The van der Waals surface area contributed by atoms with Crippen molar-refractivity contribution in [2.45, 2.75) is 23.6 Å². The molecule has 1 amide bonds. The molecule has 0 saturated heterocycles. The summed E-state index contributed by atoms with van der Waals surface area (Å²) >= 11 is 7.41. The molecular formula is C18H18ClNO3S. The van der Waals surface area contributed by atoms with Crippen LogP contribution in [0, 0.1) is 0 Å². The van der Waals surface area contributed by atoms with Crippen molar-refractivity contribution in [1.29, 1.82) is 0 Å². The van der Waals surface area contributed by atoms with Gasteiger partial charge < -0.3 is 10.1 Å². The van der Waals surface area contributed by atoms with Crippen LogP contribution in [0.1, 0.15) is 12.5 Å². The quantitative estimate of drug-likeness (QED) is 0.602. The standard InChI is InChI=1S/C18H18ClNO3S/c1-13(24-15-8-3-2-4-9-15)18(22)23-12-17(21)20-11-14-7-5-6-10-16(14)19/h2-10,13H,11-12H2,1H3,(H,20,21)/t13-/m0/s1. The normalized spacial score (nSPS) is 11.6. The van der Waals surface area contributed by atoms with Crippen LogP contribution >= 0.6 is 23.4 Å². The molecule has 4 nitrogen and oxygen atoms in total. The van der Waals surface area contributed by atoms with Crippen molar-refractivity contribution >= 4 is 35.2 Å². The Hall–Kier alpha value is -1.98. The molecule has 126 valence electrons. The molecule has 2 aromatic carbocycles. The smallest absolute Gasteiger partial charge is 0.319 e. The van der Waals surface area contributed by atoms with Gasteiger partial charge in [0, 0.05) is 16.5 Å². The van der Waals surface area contributed by atoms with Crippen LogP contribution in [0.3, 0.4) is 0 Å². The zero-order valence-electron chi connectivity index (χ0n) is 13.2. The Bertz CT molecular complexity index is 694. The van der Waals surface area contributed by atoms with Gasteiger partial charge in [0.15, 0.2) is 6.61 Å². The van der Waals surface area contributed by atoms with Crippen molar-refractivity contribution in [3.63, 3.8) is 0 Å². The second-order valence-electron chi connectivity index (χ2n) is 5.05. The second-order valence-corrected chi connectivity index (χ2v) is 6.87. The molecular weight excluding hydrogens is 346 g/mol. The van der Waals surface area contributed by atoms with Gasteiger partial charge in [-0.2, -0.15) is 0 Å². The maximum atomic E-state index is 11.9. The Morgan fingerprint density at radius 3 is 2.50 bits per heavy atom. The number of hydrogen-bond acceptors (Lipinski definition) is 4. The average molecular weight is 364 g/mol. The highest BCUT2D eigenvalue weighted by Crippen LogP contribution is 2.23. The van der Waals surface area contributed by atoms with Gasteiger partial charge in [-0.15, -0.1) is 11.8 Å². The van der Waals surface area contributed by atoms with Gasteiger partial charge in [-0.25, -0.2) is 0 Å². The summed E-state index contributed by atoms with van der Waals surface area (Å²) in [6, 6.07) is 16.8. The SMILES string of the molecule is C[C@H](Sc1ccccc1)C(=O)OCC(=O)NCc1ccccc1Cl. The average Bonchev–Trinajstić information content (AvgIpc) is 2.59. The lowest BCUT2D eigenvalue weighted by molar-refractivity contribution is -0.147. The number of thioether (sulfide) groups is 1. The van der Waals surface area contributed by atoms with Crippen molar-refractivity contribution in [3.05, 3.63) is 65.2 Å². The van der Waals surface area contributed by atoms with E-state index in [1.165, 1.54) is 11.8 Å². The van der Waals surface area contributed by atoms with Gasteiger partial charge in [0.1, 0.15) is 5.25 Å². The highest BCUT2D eigenvalue weighted by atomic mass is 35.5. The minimum Gasteiger partial charge on any atom is -0.455 e. The molecule has 0 saturated carbocycles. The van der Waals surface area contributed by atoms with Crippen molar-refractivity contribution in [3.8, 4) is 0 Å². The number of esters is 1. The van der Waals surface area contributed by atoms with Gasteiger partial charge >= 0.3 is 5.97 Å². The number of rotatable bonds is 7. The van der Waals surface area contributed by atoms with Gasteiger partial charge in [0.25, 0.3) is 5.91 Å². The third-order valence-corrected chi connectivity index (χ3v) is 4.63. The number of halogens is 1. The van der Waals surface area contributed by atoms with E-state index in [1.807, 2.05) is 48.5 Å². The molecule has 0 aliphatic heterocycles. The number of amides is 1. The molecule has 24 heavy (non-hydrogen) atoms. The number of benzene rings is 2. The van der Waals surface area contributed by atoms with E-state index < -0.39 is 5.97 Å². The molecule has 0 aromatic heterocycles. The predicted molar refractivity (Wildman–Crippen MR) is 96.0 cm³/mol. The topological polar surface area (TPSA) is 55.4 Å². The summed E-state index contributed by atoms with van der Waals surface area (Å²) in [4.78, 5) is 24.7. The van der Waals surface area contributed by atoms with Crippen LogP contribution in [0.2, 0.25) is 5.02 Å². The predicted octanol–water partition coefficient (Wildman–Crippen LogP) is 3.68. The van der Waals surface area contributed by atoms with Gasteiger partial charge in [-0.3, -0.25) is 9.59 Å². The van der Waals surface area contributed by atoms with E-state index in [2.05, 4.69) is 5.32 Å². The van der Waals surface area contributed by atoms with E-state index in [0.717, 1.165) is 10.5 Å². The molecule has 0 spiro atoms. The molecule has 0 aliphatic rings. The first-order chi connectivity index (χ1) is 11.6. The maximum Gasteiger partial charge on any atom is 0.319 e. The van der Waals surface area contributed by atoms with Crippen LogP contribution < -0.4 is 5.32 Å². The summed E-state index contributed by atoms with van der Waals surface area (Å²) in [5.41, 5.74) is 0.812. The van der Waals surface area contributed by atoms with Crippen molar-refractivity contribution in [2.24, 2.45) is 0 Å². The third kappa shape index (κ3) is 5.91. The van der Waals surface area contributed by atoms with Crippen LogP contribution in [0.5, 0.6) is 0 Å². The molecule has 2 rings (SSSR count). The zero-order chi connectivity index (χ0) is 17.4. The molecule has 1 N–H and O–H groups in total. The minimum absolute atomic E-state index is 0.296. The first kappa shape index (κ1) is 18.4. The lowest BCUT2D eigenvalue weighted by Gasteiger charge is -2.11. The molecule has 1 atom stereocenters. The molecule has 0 aliphatic carbocycles. The van der Waals surface area contributed by atoms with Crippen molar-refractivity contribution in [2.75, 3.05) is 6.61 Å². The van der Waals surface area contributed by atoms with Gasteiger partial charge in [-0.05, 0) is 30.7 Å². The number of carbonyl (C=O) groups is 2. The Morgan fingerprint density at radius 2 is 1.79 bits per heavy atom. The van der Waals surface area contributed by atoms with E-state index in [4.69, 9.17) is 16.3 Å². The number of carbonyl (C=O) groups excluding carboxylic acids is 2. The first-order valence-electron chi connectivity index (χ1n) is 7.44. The lowest BCUT2D eigenvalue weighted by atomic mass is 10.2. The number of ether oxygens (including phenoxy) is 1. The van der Waals surface area contributed by atoms with Crippen LogP contribution in [-0.4, -0.2) is 23.7 Å². The van der Waals surface area contributed by atoms with E-state index in [-0.39, 0.29) is 17.8 Å². The van der Waals surface area contributed by atoms with Gasteiger partial charge in [-0.1, -0.05) is 48.0 Å². The summed E-state index contributed by atoms with van der Waals surface area (Å²) in [6.07, 6.45) is 0. The molecule has 0 bridgehead atoms. The molecule has 2 aromatic rings. The fourth-order valence-corrected chi connectivity index (χ4v) is 2.98. The number of hydrogen-bond donors (Lipinski definition) is 1.